The largest absolute Gasteiger partial charge is 0.497 e. The number of aliphatic carboxylic acids is 1. The summed E-state index contributed by atoms with van der Waals surface area (Å²) in [5.74, 6) is -1.69. The molecule has 3 aromatic carbocycles. The number of nitrogens with one attached hydrogen (secondary N) is 1. The summed E-state index contributed by atoms with van der Waals surface area (Å²) in [6.07, 6.45) is 5.22. The minimum absolute atomic E-state index is 0.127. The van der Waals surface area contributed by atoms with Gasteiger partial charge in [-0.1, -0.05) is 30.7 Å². The van der Waals surface area contributed by atoms with Gasteiger partial charge >= 0.3 is 5.97 Å². The number of carbonyl (C=O) groups excluding carboxylic acids is 1. The van der Waals surface area contributed by atoms with Crippen LogP contribution in [0.3, 0.4) is 0 Å². The van der Waals surface area contributed by atoms with Crippen molar-refractivity contribution in [2.45, 2.75) is 38.3 Å². The molecular weight excluding hydrogens is 509 g/mol. The number of ether oxygens (including phenoxy) is 1. The number of methoxy groups -OCH3 is 1. The SMILES string of the molecule is COc1cc(C#N)cc(-c2ccc(Cn3ccc4c(F)ccc(C(=O)NC5C(C(=O)O)CC56CCC6)c43)cc2)c1. The number of hydrogen-bond donors (Lipinski definition) is 2. The number of nitriles is 1. The monoisotopic (exact) mass is 537 g/mol. The Bertz CT molecular complexity index is 1680. The second-order valence-corrected chi connectivity index (χ2v) is 10.9. The van der Waals surface area contributed by atoms with Gasteiger partial charge in [0.05, 0.1) is 35.7 Å². The molecule has 2 N–H and O–H groups in total. The molecule has 0 radical (unpaired) electrons. The van der Waals surface area contributed by atoms with Crippen molar-refractivity contribution in [3.05, 3.63) is 89.4 Å². The molecule has 0 aliphatic heterocycles. The van der Waals surface area contributed by atoms with E-state index in [2.05, 4.69) is 11.4 Å². The third-order valence-corrected chi connectivity index (χ3v) is 8.67. The lowest BCUT2D eigenvalue weighted by Crippen LogP contribution is -2.66. The molecule has 2 aliphatic carbocycles. The lowest BCUT2D eigenvalue weighted by atomic mass is 9.48. The van der Waals surface area contributed by atoms with E-state index in [-0.39, 0.29) is 11.3 Å². The van der Waals surface area contributed by atoms with E-state index < -0.39 is 23.7 Å². The van der Waals surface area contributed by atoms with Crippen molar-refractivity contribution < 1.29 is 23.8 Å². The first-order valence-corrected chi connectivity index (χ1v) is 13.3. The second-order valence-electron chi connectivity index (χ2n) is 10.9. The predicted molar refractivity (Wildman–Crippen MR) is 147 cm³/mol. The minimum Gasteiger partial charge on any atom is -0.497 e. The van der Waals surface area contributed by atoms with E-state index >= 15 is 0 Å². The number of carbonyl (C=O) groups is 2. The molecule has 1 heterocycles. The van der Waals surface area contributed by atoms with Gasteiger partial charge in [-0.3, -0.25) is 9.59 Å². The molecular formula is C32H28FN3O4. The number of benzene rings is 3. The minimum atomic E-state index is -0.892. The quantitative estimate of drug-likeness (QED) is 0.312. The van der Waals surface area contributed by atoms with E-state index in [1.54, 1.807) is 31.5 Å². The molecule has 0 saturated heterocycles. The average molecular weight is 538 g/mol. The fraction of sp³-hybridized carbons (Fsp3) is 0.281. The highest BCUT2D eigenvalue weighted by molar-refractivity contribution is 6.06. The smallest absolute Gasteiger partial charge is 0.308 e. The maximum absolute atomic E-state index is 14.8. The summed E-state index contributed by atoms with van der Waals surface area (Å²) in [6.45, 7) is 0.403. The summed E-state index contributed by atoms with van der Waals surface area (Å²) in [6, 6.07) is 19.3. The fourth-order valence-corrected chi connectivity index (χ4v) is 6.35. The Hall–Kier alpha value is -4.64. The van der Waals surface area contributed by atoms with Crippen LogP contribution in [0.4, 0.5) is 4.39 Å². The highest BCUT2D eigenvalue weighted by Gasteiger charge is 2.60. The van der Waals surface area contributed by atoms with Gasteiger partial charge in [-0.2, -0.15) is 5.26 Å². The molecule has 1 amide bonds. The standard InChI is InChI=1S/C32H28FN3O4/c1-40-23-14-20(17-34)13-22(15-23)21-5-3-19(4-6-21)18-36-12-9-24-27(33)8-7-25(28(24)36)30(37)35-29-26(31(38)39)16-32(29)10-2-11-32/h3-9,12-15,26,29H,2,10-11,16,18H2,1H3,(H,35,37)(H,38,39). The molecule has 8 heteroatoms. The van der Waals surface area contributed by atoms with Crippen molar-refractivity contribution >= 4 is 22.8 Å². The molecule has 202 valence electrons. The van der Waals surface area contributed by atoms with Crippen molar-refractivity contribution in [2.24, 2.45) is 11.3 Å². The Balaban J connectivity index is 1.28. The molecule has 40 heavy (non-hydrogen) atoms. The summed E-state index contributed by atoms with van der Waals surface area (Å²) in [5, 5.41) is 22.3. The van der Waals surface area contributed by atoms with Crippen LogP contribution in [0.15, 0.2) is 66.9 Å². The lowest BCUT2D eigenvalue weighted by molar-refractivity contribution is -0.159. The van der Waals surface area contributed by atoms with Crippen molar-refractivity contribution in [1.82, 2.24) is 9.88 Å². The number of rotatable bonds is 7. The number of hydrogen-bond acceptors (Lipinski definition) is 4. The molecule has 2 fully saturated rings. The number of halogens is 1. The zero-order valence-corrected chi connectivity index (χ0v) is 22.0. The molecule has 0 bridgehead atoms. The zero-order valence-electron chi connectivity index (χ0n) is 22.0. The summed E-state index contributed by atoms with van der Waals surface area (Å²) in [4.78, 5) is 25.3. The number of fused-ring (bicyclic) bond motifs is 1. The van der Waals surface area contributed by atoms with Gasteiger partial charge in [-0.15, -0.1) is 0 Å². The predicted octanol–water partition coefficient (Wildman–Crippen LogP) is 5.75. The van der Waals surface area contributed by atoms with Crippen molar-refractivity contribution in [3.63, 3.8) is 0 Å². The Morgan fingerprint density at radius 1 is 1.12 bits per heavy atom. The van der Waals surface area contributed by atoms with Crippen molar-refractivity contribution in [3.8, 4) is 22.9 Å². The third-order valence-electron chi connectivity index (χ3n) is 8.67. The van der Waals surface area contributed by atoms with Crippen LogP contribution < -0.4 is 10.1 Å². The van der Waals surface area contributed by atoms with Crippen LogP contribution in [-0.2, 0) is 11.3 Å². The highest BCUT2D eigenvalue weighted by Crippen LogP contribution is 2.58. The first-order valence-electron chi connectivity index (χ1n) is 13.3. The van der Waals surface area contributed by atoms with Crippen LogP contribution in [0.5, 0.6) is 5.75 Å². The van der Waals surface area contributed by atoms with Gasteiger partial charge in [-0.05, 0) is 77.8 Å². The summed E-state index contributed by atoms with van der Waals surface area (Å²) < 4.78 is 21.9. The topological polar surface area (TPSA) is 104 Å². The van der Waals surface area contributed by atoms with E-state index in [4.69, 9.17) is 4.74 Å². The molecule has 2 aliphatic rings. The number of aromatic nitrogens is 1. The number of amides is 1. The van der Waals surface area contributed by atoms with Crippen LogP contribution in [0, 0.1) is 28.5 Å². The molecule has 2 atom stereocenters. The molecule has 2 unspecified atom stereocenters. The maximum Gasteiger partial charge on any atom is 0.308 e. The maximum atomic E-state index is 14.8. The van der Waals surface area contributed by atoms with Crippen LogP contribution >= 0.6 is 0 Å². The normalized spacial score (nSPS) is 18.9. The van der Waals surface area contributed by atoms with Crippen LogP contribution in [0.25, 0.3) is 22.0 Å². The highest BCUT2D eigenvalue weighted by atomic mass is 19.1. The molecule has 1 spiro atoms. The van der Waals surface area contributed by atoms with Gasteiger partial charge in [0.1, 0.15) is 11.6 Å². The van der Waals surface area contributed by atoms with Gasteiger partial charge < -0.3 is 19.7 Å². The van der Waals surface area contributed by atoms with E-state index in [9.17, 15) is 24.3 Å². The van der Waals surface area contributed by atoms with Crippen LogP contribution in [0.2, 0.25) is 0 Å². The van der Waals surface area contributed by atoms with E-state index in [0.717, 1.165) is 36.0 Å². The van der Waals surface area contributed by atoms with Crippen molar-refractivity contribution in [2.75, 3.05) is 7.11 Å². The van der Waals surface area contributed by atoms with Gasteiger partial charge in [0.25, 0.3) is 5.91 Å². The Morgan fingerprint density at radius 3 is 2.55 bits per heavy atom. The lowest BCUT2D eigenvalue weighted by Gasteiger charge is -2.59. The number of carboxylic acid groups (broad SMARTS) is 1. The Morgan fingerprint density at radius 2 is 1.90 bits per heavy atom. The van der Waals surface area contributed by atoms with E-state index in [1.807, 2.05) is 34.9 Å². The van der Waals surface area contributed by atoms with Gasteiger partial charge in [0.15, 0.2) is 0 Å². The summed E-state index contributed by atoms with van der Waals surface area (Å²) in [7, 11) is 1.56. The molecule has 1 aromatic heterocycles. The molecule has 4 aromatic rings. The second kappa shape index (κ2) is 9.83. The van der Waals surface area contributed by atoms with E-state index in [0.29, 0.717) is 40.7 Å². The summed E-state index contributed by atoms with van der Waals surface area (Å²) in [5.41, 5.74) is 3.89. The van der Waals surface area contributed by atoms with Gasteiger partial charge in [0.2, 0.25) is 0 Å². The Labute approximate surface area is 230 Å². The Kier molecular flexibility index (Phi) is 6.30. The van der Waals surface area contributed by atoms with E-state index in [1.165, 1.54) is 12.1 Å². The van der Waals surface area contributed by atoms with Gasteiger partial charge in [-0.25, -0.2) is 4.39 Å². The first-order chi connectivity index (χ1) is 19.3. The summed E-state index contributed by atoms with van der Waals surface area (Å²) >= 11 is 0. The number of carboxylic acids is 1. The number of nitrogens with zero attached hydrogens (tertiary/aromatic N) is 2. The molecule has 7 nitrogen and oxygen atoms in total. The van der Waals surface area contributed by atoms with Crippen LogP contribution in [0.1, 0.15) is 47.2 Å². The average Bonchev–Trinajstić information content (AvgIpc) is 3.34. The van der Waals surface area contributed by atoms with Crippen LogP contribution in [-0.4, -0.2) is 34.7 Å². The van der Waals surface area contributed by atoms with Gasteiger partial charge in [0, 0.05) is 24.2 Å². The first kappa shape index (κ1) is 25.6. The zero-order chi connectivity index (χ0) is 28.0. The van der Waals surface area contributed by atoms with Crippen molar-refractivity contribution in [1.29, 1.82) is 5.26 Å². The molecule has 6 rings (SSSR count). The molecule has 2 saturated carbocycles. The third kappa shape index (κ3) is 4.28. The fourth-order valence-electron chi connectivity index (χ4n) is 6.35.